The van der Waals surface area contributed by atoms with Crippen LogP contribution in [0.15, 0.2) is 16.7 Å². The molecule has 1 heterocycles. The number of anilines is 1. The lowest BCUT2D eigenvalue weighted by atomic mass is 10.1. The van der Waals surface area contributed by atoms with Crippen LogP contribution in [0.1, 0.15) is 12.8 Å². The fourth-order valence-electron chi connectivity index (χ4n) is 1.38. The molecular weight excluding hydrogens is 279 g/mol. The van der Waals surface area contributed by atoms with Crippen LogP contribution >= 0.6 is 27.5 Å². The predicted molar refractivity (Wildman–Crippen MR) is 64.2 cm³/mol. The minimum Gasteiger partial charge on any atom is -0.396 e. The number of halogens is 2. The molecule has 2 N–H and O–H groups in total. The number of nitrogens with zero attached hydrogens (tertiary/aromatic N) is 1. The molecule has 0 aliphatic heterocycles. The van der Waals surface area contributed by atoms with Crippen LogP contribution in [0.25, 0.3) is 0 Å². The van der Waals surface area contributed by atoms with Crippen molar-refractivity contribution in [2.75, 3.05) is 18.5 Å². The molecule has 0 bridgehead atoms. The Balaban J connectivity index is 1.99. The van der Waals surface area contributed by atoms with E-state index in [0.717, 1.165) is 23.9 Å². The second-order valence-electron chi connectivity index (χ2n) is 4.00. The zero-order valence-electron chi connectivity index (χ0n) is 8.13. The van der Waals surface area contributed by atoms with Gasteiger partial charge in [0.1, 0.15) is 5.82 Å². The van der Waals surface area contributed by atoms with Crippen LogP contribution in [-0.4, -0.2) is 23.2 Å². The summed E-state index contributed by atoms with van der Waals surface area (Å²) in [5, 5.41) is 12.9. The number of aliphatic hydroxyl groups is 1. The third kappa shape index (κ3) is 2.62. The number of aliphatic hydroxyl groups excluding tert-OH is 1. The van der Waals surface area contributed by atoms with Crippen molar-refractivity contribution in [3.8, 4) is 0 Å². The zero-order valence-corrected chi connectivity index (χ0v) is 10.5. The summed E-state index contributed by atoms with van der Waals surface area (Å²) in [7, 11) is 0. The van der Waals surface area contributed by atoms with Gasteiger partial charge in [0, 0.05) is 22.6 Å². The maximum atomic E-state index is 9.15. The fraction of sp³-hybridized carbons (Fsp3) is 0.500. The first kappa shape index (κ1) is 11.2. The Morgan fingerprint density at radius 1 is 1.60 bits per heavy atom. The van der Waals surface area contributed by atoms with Crippen LogP contribution < -0.4 is 5.32 Å². The fourth-order valence-corrected chi connectivity index (χ4v) is 2.08. The average molecular weight is 292 g/mol. The topological polar surface area (TPSA) is 45.1 Å². The summed E-state index contributed by atoms with van der Waals surface area (Å²) in [6.07, 6.45) is 3.85. The van der Waals surface area contributed by atoms with E-state index < -0.39 is 0 Å². The quantitative estimate of drug-likeness (QED) is 0.896. The highest BCUT2D eigenvalue weighted by Gasteiger charge is 2.41. The van der Waals surface area contributed by atoms with Gasteiger partial charge in [-0.25, -0.2) is 4.98 Å². The van der Waals surface area contributed by atoms with Crippen LogP contribution in [0.5, 0.6) is 0 Å². The summed E-state index contributed by atoms with van der Waals surface area (Å²) < 4.78 is 0.862. The highest BCUT2D eigenvalue weighted by Crippen LogP contribution is 2.45. The predicted octanol–water partition coefficient (Wildman–Crippen LogP) is 2.68. The Hall–Kier alpha value is -0.320. The number of pyridine rings is 1. The molecule has 0 radical (unpaired) electrons. The van der Waals surface area contributed by atoms with Gasteiger partial charge in [-0.3, -0.25) is 0 Å². The molecule has 82 valence electrons. The van der Waals surface area contributed by atoms with Crippen molar-refractivity contribution in [2.45, 2.75) is 12.8 Å². The maximum Gasteiger partial charge on any atom is 0.144 e. The van der Waals surface area contributed by atoms with E-state index in [9.17, 15) is 0 Å². The van der Waals surface area contributed by atoms with E-state index in [1.54, 1.807) is 12.3 Å². The van der Waals surface area contributed by atoms with E-state index in [4.69, 9.17) is 16.7 Å². The summed E-state index contributed by atoms with van der Waals surface area (Å²) in [6.45, 7) is 0.964. The van der Waals surface area contributed by atoms with Crippen molar-refractivity contribution in [3.63, 3.8) is 0 Å². The first-order valence-electron chi connectivity index (χ1n) is 4.81. The van der Waals surface area contributed by atoms with E-state index >= 15 is 0 Å². The monoisotopic (exact) mass is 290 g/mol. The normalized spacial score (nSPS) is 17.5. The zero-order chi connectivity index (χ0) is 10.9. The number of hydrogen-bond acceptors (Lipinski definition) is 3. The van der Waals surface area contributed by atoms with Crippen molar-refractivity contribution in [1.82, 2.24) is 4.98 Å². The smallest absolute Gasteiger partial charge is 0.144 e. The summed E-state index contributed by atoms with van der Waals surface area (Å²) in [5.41, 5.74) is 0.0675. The van der Waals surface area contributed by atoms with Gasteiger partial charge in [0.25, 0.3) is 0 Å². The van der Waals surface area contributed by atoms with Gasteiger partial charge in [0.05, 0.1) is 11.6 Å². The molecule has 1 fully saturated rings. The maximum absolute atomic E-state index is 9.15. The second-order valence-corrected chi connectivity index (χ2v) is 5.32. The number of hydrogen-bond donors (Lipinski definition) is 2. The first-order chi connectivity index (χ1) is 7.15. The van der Waals surface area contributed by atoms with Crippen LogP contribution in [0, 0.1) is 5.41 Å². The van der Waals surface area contributed by atoms with Crippen molar-refractivity contribution in [2.24, 2.45) is 5.41 Å². The van der Waals surface area contributed by atoms with Gasteiger partial charge < -0.3 is 10.4 Å². The van der Waals surface area contributed by atoms with E-state index in [2.05, 4.69) is 26.2 Å². The van der Waals surface area contributed by atoms with Gasteiger partial charge >= 0.3 is 0 Å². The Kier molecular flexibility index (Phi) is 3.19. The minimum atomic E-state index is 0.0675. The molecule has 0 unspecified atom stereocenters. The second kappa shape index (κ2) is 4.28. The van der Waals surface area contributed by atoms with E-state index in [1.165, 1.54) is 0 Å². The highest BCUT2D eigenvalue weighted by atomic mass is 79.9. The van der Waals surface area contributed by atoms with Crippen LogP contribution in [0.4, 0.5) is 5.82 Å². The lowest BCUT2D eigenvalue weighted by Gasteiger charge is -2.13. The van der Waals surface area contributed by atoms with Gasteiger partial charge in [-0.15, -0.1) is 0 Å². The van der Waals surface area contributed by atoms with Gasteiger partial charge in [-0.05, 0) is 34.8 Å². The van der Waals surface area contributed by atoms with Crippen LogP contribution in [0.3, 0.4) is 0 Å². The SMILES string of the molecule is OCC1(CNc2ncc(Br)cc2Cl)CC1. The molecule has 5 heteroatoms. The van der Waals surface area contributed by atoms with Gasteiger partial charge in [-0.2, -0.15) is 0 Å². The molecule has 0 amide bonds. The van der Waals surface area contributed by atoms with Crippen molar-refractivity contribution in [1.29, 1.82) is 0 Å². The number of nitrogens with one attached hydrogen (secondary N) is 1. The van der Waals surface area contributed by atoms with Gasteiger partial charge in [-0.1, -0.05) is 11.6 Å². The van der Waals surface area contributed by atoms with Gasteiger partial charge in [0.15, 0.2) is 0 Å². The first-order valence-corrected chi connectivity index (χ1v) is 5.98. The van der Waals surface area contributed by atoms with E-state index in [0.29, 0.717) is 10.8 Å². The minimum absolute atomic E-state index is 0.0675. The molecular formula is C10H12BrClN2O. The molecule has 1 aromatic heterocycles. The molecule has 1 aliphatic rings. The Morgan fingerprint density at radius 3 is 2.87 bits per heavy atom. The molecule has 3 nitrogen and oxygen atoms in total. The molecule has 1 aliphatic carbocycles. The summed E-state index contributed by atoms with van der Waals surface area (Å²) >= 11 is 9.30. The van der Waals surface area contributed by atoms with Crippen molar-refractivity contribution in [3.05, 3.63) is 21.8 Å². The van der Waals surface area contributed by atoms with E-state index in [-0.39, 0.29) is 12.0 Å². The number of rotatable bonds is 4. The van der Waals surface area contributed by atoms with Crippen LogP contribution in [0.2, 0.25) is 5.02 Å². The third-order valence-electron chi connectivity index (χ3n) is 2.73. The van der Waals surface area contributed by atoms with Gasteiger partial charge in [0.2, 0.25) is 0 Å². The number of aromatic nitrogens is 1. The average Bonchev–Trinajstić information content (AvgIpc) is 2.97. The molecule has 0 atom stereocenters. The molecule has 2 rings (SSSR count). The molecule has 0 saturated heterocycles. The lowest BCUT2D eigenvalue weighted by Crippen LogP contribution is -2.19. The molecule has 15 heavy (non-hydrogen) atoms. The standard InChI is InChI=1S/C10H12BrClN2O/c11-7-3-8(12)9(13-4-7)14-5-10(6-15)1-2-10/h3-4,15H,1-2,5-6H2,(H,13,14). The van der Waals surface area contributed by atoms with E-state index in [1.807, 2.05) is 0 Å². The molecule has 1 aromatic rings. The third-order valence-corrected chi connectivity index (χ3v) is 3.45. The Labute approximate surface area is 102 Å². The summed E-state index contributed by atoms with van der Waals surface area (Å²) in [4.78, 5) is 4.17. The summed E-state index contributed by atoms with van der Waals surface area (Å²) in [6, 6.07) is 1.80. The lowest BCUT2D eigenvalue weighted by molar-refractivity contribution is 0.219. The Bertz CT molecular complexity index is 368. The molecule has 1 saturated carbocycles. The largest absolute Gasteiger partial charge is 0.396 e. The highest BCUT2D eigenvalue weighted by molar-refractivity contribution is 9.10. The molecule has 0 spiro atoms. The van der Waals surface area contributed by atoms with Crippen molar-refractivity contribution >= 4 is 33.3 Å². The molecule has 0 aromatic carbocycles. The van der Waals surface area contributed by atoms with Crippen LogP contribution in [-0.2, 0) is 0 Å². The summed E-state index contributed by atoms with van der Waals surface area (Å²) in [5.74, 6) is 0.680. The van der Waals surface area contributed by atoms with Crippen molar-refractivity contribution < 1.29 is 5.11 Å². The Morgan fingerprint density at radius 2 is 2.33 bits per heavy atom.